The van der Waals surface area contributed by atoms with E-state index in [9.17, 15) is 0 Å². The summed E-state index contributed by atoms with van der Waals surface area (Å²) in [4.78, 5) is 9.83. The molecule has 2 aromatic rings. The molecule has 4 radical (unpaired) electrons. The number of nitrogens with one attached hydrogen (secondary N) is 2. The van der Waals surface area contributed by atoms with Crippen LogP contribution in [0.15, 0.2) is 30.6 Å². The Morgan fingerprint density at radius 2 is 1.95 bits per heavy atom. The highest BCUT2D eigenvalue weighted by molar-refractivity contribution is 14.1. The van der Waals surface area contributed by atoms with E-state index in [1.54, 1.807) is 19.4 Å². The molecular weight excluding hydrogens is 351 g/mol. The standard InChI is InChI=1S/C11H10B2IN5/c1-19(13)10-3-2-8(4-9(10)18-12)17-11-15-5-7(14)6-16-11/h2-6,18H,1H3,(H,15,16,17). The quantitative estimate of drug-likeness (QED) is 0.643. The fourth-order valence-corrected chi connectivity index (χ4v) is 1.82. The molecule has 0 amide bonds. The zero-order valence-electron chi connectivity index (χ0n) is 10.3. The van der Waals surface area contributed by atoms with Crippen LogP contribution >= 0.6 is 22.6 Å². The van der Waals surface area contributed by atoms with E-state index in [1.165, 1.54) is 4.81 Å². The number of rotatable bonds is 4. The first-order chi connectivity index (χ1) is 9.10. The van der Waals surface area contributed by atoms with Crippen LogP contribution < -0.4 is 15.4 Å². The summed E-state index contributed by atoms with van der Waals surface area (Å²) >= 11 is 2.15. The fraction of sp³-hybridized carbons (Fsp3) is 0.0909. The van der Waals surface area contributed by atoms with Crippen LogP contribution in [-0.2, 0) is 0 Å². The summed E-state index contributed by atoms with van der Waals surface area (Å²) in [6.45, 7) is 0. The first kappa shape index (κ1) is 14.0. The van der Waals surface area contributed by atoms with Gasteiger partial charge in [-0.25, -0.2) is 9.97 Å². The summed E-state index contributed by atoms with van der Waals surface area (Å²) in [5.74, 6) is 0.525. The predicted octanol–water partition coefficient (Wildman–Crippen LogP) is 1.84. The first-order valence-electron chi connectivity index (χ1n) is 5.44. The third-order valence-electron chi connectivity index (χ3n) is 2.41. The van der Waals surface area contributed by atoms with Crippen molar-refractivity contribution >= 4 is 61.6 Å². The topological polar surface area (TPSA) is 53.1 Å². The molecule has 0 unspecified atom stereocenters. The maximum atomic E-state index is 5.70. The molecule has 2 N–H and O–H groups in total. The molecule has 19 heavy (non-hydrogen) atoms. The van der Waals surface area contributed by atoms with Crippen LogP contribution in [0, 0.1) is 3.57 Å². The second-order valence-corrected chi connectivity index (χ2v) is 5.08. The van der Waals surface area contributed by atoms with Crippen LogP contribution in [0.25, 0.3) is 0 Å². The van der Waals surface area contributed by atoms with Gasteiger partial charge in [-0.1, -0.05) is 0 Å². The van der Waals surface area contributed by atoms with Crippen LogP contribution in [0.3, 0.4) is 0 Å². The van der Waals surface area contributed by atoms with Gasteiger partial charge in [0.05, 0.1) is 0 Å². The van der Waals surface area contributed by atoms with E-state index in [2.05, 4.69) is 43.1 Å². The molecule has 1 heterocycles. The van der Waals surface area contributed by atoms with Gasteiger partial charge in [0, 0.05) is 33.0 Å². The summed E-state index contributed by atoms with van der Waals surface area (Å²) in [6.07, 6.45) is 3.47. The zero-order valence-corrected chi connectivity index (χ0v) is 12.4. The van der Waals surface area contributed by atoms with Crippen LogP contribution in [0.1, 0.15) is 0 Å². The molecule has 92 valence electrons. The van der Waals surface area contributed by atoms with Gasteiger partial charge in [-0.3, -0.25) is 0 Å². The summed E-state index contributed by atoms with van der Waals surface area (Å²) in [5, 5.41) is 5.70. The van der Waals surface area contributed by atoms with E-state index in [1.807, 2.05) is 18.2 Å². The van der Waals surface area contributed by atoms with Gasteiger partial charge >= 0.3 is 0 Å². The monoisotopic (exact) mass is 361 g/mol. The van der Waals surface area contributed by atoms with Gasteiger partial charge in [-0.2, -0.15) is 0 Å². The summed E-state index contributed by atoms with van der Waals surface area (Å²) in [5.41, 5.74) is 2.32. The molecule has 0 aliphatic heterocycles. The van der Waals surface area contributed by atoms with Gasteiger partial charge in [0.15, 0.2) is 0 Å². The molecule has 5 nitrogen and oxygen atoms in total. The molecule has 0 spiro atoms. The Labute approximate surface area is 128 Å². The van der Waals surface area contributed by atoms with E-state index in [0.717, 1.165) is 14.9 Å². The van der Waals surface area contributed by atoms with Crippen molar-refractivity contribution in [1.29, 1.82) is 0 Å². The highest BCUT2D eigenvalue weighted by Gasteiger charge is 2.05. The first-order valence-corrected chi connectivity index (χ1v) is 6.51. The number of anilines is 4. The van der Waals surface area contributed by atoms with Crippen molar-refractivity contribution in [3.63, 3.8) is 0 Å². The Bertz CT molecular complexity index is 562. The lowest BCUT2D eigenvalue weighted by molar-refractivity contribution is 1.15. The Hall–Kier alpha value is -1.44. The van der Waals surface area contributed by atoms with E-state index >= 15 is 0 Å². The van der Waals surface area contributed by atoms with Crippen LogP contribution in [0.5, 0.6) is 0 Å². The zero-order chi connectivity index (χ0) is 13.8. The van der Waals surface area contributed by atoms with Crippen molar-refractivity contribution in [2.45, 2.75) is 0 Å². The smallest absolute Gasteiger partial charge is 0.227 e. The lowest BCUT2D eigenvalue weighted by atomic mass is 10.1. The lowest BCUT2D eigenvalue weighted by Crippen LogP contribution is -2.13. The van der Waals surface area contributed by atoms with Gasteiger partial charge in [-0.05, 0) is 47.8 Å². The van der Waals surface area contributed by atoms with E-state index in [-0.39, 0.29) is 0 Å². The average molecular weight is 361 g/mol. The molecule has 0 bridgehead atoms. The number of nitrogens with zero attached hydrogens (tertiary/aromatic N) is 3. The average Bonchev–Trinajstić information content (AvgIpc) is 2.41. The van der Waals surface area contributed by atoms with Crippen molar-refractivity contribution in [2.75, 3.05) is 22.4 Å². The maximum absolute atomic E-state index is 5.70. The second-order valence-electron chi connectivity index (χ2n) is 3.84. The molecule has 0 aliphatic carbocycles. The van der Waals surface area contributed by atoms with Gasteiger partial charge in [0.2, 0.25) is 21.9 Å². The maximum Gasteiger partial charge on any atom is 0.227 e. The van der Waals surface area contributed by atoms with Gasteiger partial charge < -0.3 is 15.4 Å². The second kappa shape index (κ2) is 6.14. The van der Waals surface area contributed by atoms with Crippen LogP contribution in [0.4, 0.5) is 23.0 Å². The van der Waals surface area contributed by atoms with Crippen molar-refractivity contribution < 1.29 is 0 Å². The molecular formula is C11H10B2IN5. The lowest BCUT2D eigenvalue weighted by Gasteiger charge is -2.19. The molecule has 1 aromatic heterocycles. The fourth-order valence-electron chi connectivity index (χ4n) is 1.54. The normalized spacial score (nSPS) is 10.0. The van der Waals surface area contributed by atoms with Crippen LogP contribution in [-0.4, -0.2) is 33.0 Å². The van der Waals surface area contributed by atoms with Gasteiger partial charge in [-0.15, -0.1) is 0 Å². The van der Waals surface area contributed by atoms with Gasteiger partial charge in [0.25, 0.3) is 0 Å². The molecule has 0 saturated heterocycles. The Balaban J connectivity index is 2.24. The number of hydrogen-bond donors (Lipinski definition) is 2. The Morgan fingerprint density at radius 1 is 1.26 bits per heavy atom. The van der Waals surface area contributed by atoms with Crippen molar-refractivity contribution in [3.05, 3.63) is 34.2 Å². The molecule has 0 aliphatic rings. The largest absolute Gasteiger partial charge is 0.436 e. The Morgan fingerprint density at radius 3 is 2.53 bits per heavy atom. The molecule has 1 aromatic carbocycles. The Kier molecular flexibility index (Phi) is 4.52. The van der Waals surface area contributed by atoms with Crippen molar-refractivity contribution in [2.24, 2.45) is 0 Å². The highest BCUT2D eigenvalue weighted by atomic mass is 127. The van der Waals surface area contributed by atoms with Crippen molar-refractivity contribution in [3.8, 4) is 0 Å². The third-order valence-corrected chi connectivity index (χ3v) is 2.97. The predicted molar refractivity (Wildman–Crippen MR) is 88.0 cm³/mol. The number of halogens is 1. The van der Waals surface area contributed by atoms with E-state index in [0.29, 0.717) is 11.6 Å². The summed E-state index contributed by atoms with van der Waals surface area (Å²) < 4.78 is 0.979. The SMILES string of the molecule is [B]Nc1cc(Nc2ncc(I)cn2)ccc1N([B])C. The minimum absolute atomic E-state index is 0.525. The highest BCUT2D eigenvalue weighted by Crippen LogP contribution is 2.28. The van der Waals surface area contributed by atoms with Crippen LogP contribution in [0.2, 0.25) is 0 Å². The van der Waals surface area contributed by atoms with Crippen molar-refractivity contribution in [1.82, 2.24) is 9.97 Å². The molecule has 0 saturated carbocycles. The minimum Gasteiger partial charge on any atom is -0.436 e. The molecule has 8 heteroatoms. The summed E-state index contributed by atoms with van der Waals surface area (Å²) in [6, 6.07) is 5.56. The molecule has 0 atom stereocenters. The molecule has 0 fully saturated rings. The number of hydrogen-bond acceptors (Lipinski definition) is 5. The van der Waals surface area contributed by atoms with Gasteiger partial charge in [0.1, 0.15) is 0 Å². The third kappa shape index (κ3) is 3.52. The summed E-state index contributed by atoms with van der Waals surface area (Å²) in [7, 11) is 12.9. The number of benzene rings is 1. The molecule has 2 rings (SSSR count). The minimum atomic E-state index is 0.525. The number of aromatic nitrogens is 2. The van der Waals surface area contributed by atoms with E-state index in [4.69, 9.17) is 16.0 Å². The van der Waals surface area contributed by atoms with E-state index < -0.39 is 0 Å².